The van der Waals surface area contributed by atoms with Crippen molar-refractivity contribution in [3.05, 3.63) is 28.5 Å². The van der Waals surface area contributed by atoms with Gasteiger partial charge in [-0.2, -0.15) is 5.06 Å². The van der Waals surface area contributed by atoms with E-state index >= 15 is 0 Å². The van der Waals surface area contributed by atoms with Gasteiger partial charge in [0, 0.05) is 29.5 Å². The lowest BCUT2D eigenvalue weighted by Crippen LogP contribution is -2.12. The maximum atomic E-state index is 8.91. The second-order valence-corrected chi connectivity index (χ2v) is 3.14. The van der Waals surface area contributed by atoms with Crippen molar-refractivity contribution in [3.8, 4) is 0 Å². The van der Waals surface area contributed by atoms with Gasteiger partial charge in [0.2, 0.25) is 0 Å². The summed E-state index contributed by atoms with van der Waals surface area (Å²) in [5, 5.41) is 10.0. The molecule has 0 atom stereocenters. The first-order valence-electron chi connectivity index (χ1n) is 3.18. The number of hydrogen-bond acceptors (Lipinski definition) is 3. The summed E-state index contributed by atoms with van der Waals surface area (Å²) in [6, 6.07) is 1.85. The Bertz CT molecular complexity index is 240. The second kappa shape index (κ2) is 3.80. The van der Waals surface area contributed by atoms with Gasteiger partial charge in [-0.15, -0.1) is 0 Å². The van der Waals surface area contributed by atoms with Crippen molar-refractivity contribution in [1.29, 1.82) is 0 Å². The molecule has 1 rings (SSSR count). The van der Waals surface area contributed by atoms with Gasteiger partial charge in [0.05, 0.1) is 6.54 Å². The lowest BCUT2D eigenvalue weighted by atomic mass is 10.3. The fourth-order valence-electron chi connectivity index (χ4n) is 0.773. The van der Waals surface area contributed by atoms with Crippen molar-refractivity contribution < 1.29 is 5.21 Å². The van der Waals surface area contributed by atoms with Gasteiger partial charge in [-0.1, -0.05) is 15.9 Å². The van der Waals surface area contributed by atoms with E-state index in [0.29, 0.717) is 6.54 Å². The fraction of sp³-hybridized carbons (Fsp3) is 0.286. The van der Waals surface area contributed by atoms with E-state index in [4.69, 9.17) is 5.21 Å². The number of rotatable bonds is 2. The van der Waals surface area contributed by atoms with E-state index < -0.39 is 0 Å². The summed E-state index contributed by atoms with van der Waals surface area (Å²) >= 11 is 3.35. The molecule has 4 heteroatoms. The first kappa shape index (κ1) is 8.64. The van der Waals surface area contributed by atoms with Gasteiger partial charge in [0.1, 0.15) is 0 Å². The van der Waals surface area contributed by atoms with Crippen LogP contribution in [0, 0.1) is 0 Å². The van der Waals surface area contributed by atoms with Crippen LogP contribution in [0.3, 0.4) is 0 Å². The zero-order valence-electron chi connectivity index (χ0n) is 6.16. The van der Waals surface area contributed by atoms with Gasteiger partial charge in [-0.25, -0.2) is 0 Å². The van der Waals surface area contributed by atoms with Crippen LogP contribution in [0.2, 0.25) is 0 Å². The highest BCUT2D eigenvalue weighted by Gasteiger charge is 2.00. The van der Waals surface area contributed by atoms with Crippen molar-refractivity contribution in [3.63, 3.8) is 0 Å². The number of hydrogen-bond donors (Lipinski definition) is 1. The molecule has 0 saturated heterocycles. The van der Waals surface area contributed by atoms with Crippen LogP contribution < -0.4 is 0 Å². The van der Waals surface area contributed by atoms with Crippen LogP contribution in [-0.2, 0) is 6.54 Å². The molecule has 0 aliphatic rings. The molecule has 1 aromatic heterocycles. The highest BCUT2D eigenvalue weighted by molar-refractivity contribution is 9.10. The first-order chi connectivity index (χ1) is 5.20. The quantitative estimate of drug-likeness (QED) is 0.765. The summed E-state index contributed by atoms with van der Waals surface area (Å²) < 4.78 is 0.966. The average molecular weight is 217 g/mol. The predicted molar refractivity (Wildman–Crippen MR) is 45.2 cm³/mol. The normalized spacial score (nSPS) is 10.5. The minimum Gasteiger partial charge on any atom is -0.314 e. The number of nitrogens with zero attached hydrogens (tertiary/aromatic N) is 2. The van der Waals surface area contributed by atoms with E-state index in [1.165, 1.54) is 0 Å². The van der Waals surface area contributed by atoms with E-state index in [1.807, 2.05) is 6.07 Å². The molecular weight excluding hydrogens is 208 g/mol. The molecule has 0 bridgehead atoms. The SMILES string of the molecule is CN(O)Cc1cnccc1Br. The molecule has 0 aliphatic heterocycles. The van der Waals surface area contributed by atoms with Crippen LogP contribution in [0.15, 0.2) is 22.9 Å². The minimum absolute atomic E-state index is 0.481. The van der Waals surface area contributed by atoms with Crippen LogP contribution in [0.25, 0.3) is 0 Å². The van der Waals surface area contributed by atoms with Crippen molar-refractivity contribution in [2.75, 3.05) is 7.05 Å². The highest BCUT2D eigenvalue weighted by Crippen LogP contribution is 2.14. The maximum Gasteiger partial charge on any atom is 0.0512 e. The van der Waals surface area contributed by atoms with Gasteiger partial charge in [-0.3, -0.25) is 4.98 Å². The van der Waals surface area contributed by atoms with Crippen molar-refractivity contribution >= 4 is 15.9 Å². The Hall–Kier alpha value is -0.450. The molecule has 0 saturated carbocycles. The molecule has 0 aromatic carbocycles. The standard InChI is InChI=1S/C7H9BrN2O/c1-10(11)5-6-4-9-3-2-7(6)8/h2-4,11H,5H2,1H3. The molecule has 60 valence electrons. The Morgan fingerprint density at radius 3 is 3.00 bits per heavy atom. The summed E-state index contributed by atoms with van der Waals surface area (Å²) in [6.07, 6.45) is 3.42. The van der Waals surface area contributed by atoms with E-state index in [0.717, 1.165) is 15.1 Å². The number of halogens is 1. The van der Waals surface area contributed by atoms with E-state index in [1.54, 1.807) is 19.4 Å². The van der Waals surface area contributed by atoms with Crippen molar-refractivity contribution in [2.45, 2.75) is 6.54 Å². The van der Waals surface area contributed by atoms with Crippen LogP contribution in [-0.4, -0.2) is 22.3 Å². The maximum absolute atomic E-state index is 8.91. The monoisotopic (exact) mass is 216 g/mol. The Morgan fingerprint density at radius 1 is 1.73 bits per heavy atom. The summed E-state index contributed by atoms with van der Waals surface area (Å²) in [6.45, 7) is 0.481. The van der Waals surface area contributed by atoms with E-state index in [2.05, 4.69) is 20.9 Å². The molecule has 0 amide bonds. The Labute approximate surface area is 73.8 Å². The van der Waals surface area contributed by atoms with Gasteiger partial charge in [-0.05, 0) is 6.07 Å². The molecule has 0 unspecified atom stereocenters. The predicted octanol–water partition coefficient (Wildman–Crippen LogP) is 1.67. The van der Waals surface area contributed by atoms with Crippen LogP contribution in [0.4, 0.5) is 0 Å². The van der Waals surface area contributed by atoms with E-state index in [9.17, 15) is 0 Å². The summed E-state index contributed by atoms with van der Waals surface area (Å²) in [4.78, 5) is 3.93. The molecule has 3 nitrogen and oxygen atoms in total. The average Bonchev–Trinajstić information content (AvgIpc) is 1.93. The number of pyridine rings is 1. The largest absolute Gasteiger partial charge is 0.314 e. The molecule has 1 heterocycles. The molecular formula is C7H9BrN2O. The molecule has 0 radical (unpaired) electrons. The Balaban J connectivity index is 2.78. The third kappa shape index (κ3) is 2.57. The Morgan fingerprint density at radius 2 is 2.45 bits per heavy atom. The number of hydroxylamine groups is 2. The molecule has 1 aromatic rings. The minimum atomic E-state index is 0.481. The van der Waals surface area contributed by atoms with Crippen LogP contribution in [0.5, 0.6) is 0 Å². The molecule has 0 spiro atoms. The van der Waals surface area contributed by atoms with Crippen LogP contribution >= 0.6 is 15.9 Å². The van der Waals surface area contributed by atoms with Crippen molar-refractivity contribution in [1.82, 2.24) is 10.0 Å². The summed E-state index contributed by atoms with van der Waals surface area (Å²) in [5.74, 6) is 0. The van der Waals surface area contributed by atoms with Gasteiger partial charge >= 0.3 is 0 Å². The molecule has 0 aliphatic carbocycles. The Kier molecular flexibility index (Phi) is 2.99. The molecule has 0 fully saturated rings. The third-order valence-corrected chi connectivity index (χ3v) is 2.02. The third-order valence-electron chi connectivity index (χ3n) is 1.24. The lowest BCUT2D eigenvalue weighted by molar-refractivity contribution is -0.0733. The summed E-state index contributed by atoms with van der Waals surface area (Å²) in [5.41, 5.74) is 0.970. The van der Waals surface area contributed by atoms with Crippen molar-refractivity contribution in [2.24, 2.45) is 0 Å². The topological polar surface area (TPSA) is 36.4 Å². The highest BCUT2D eigenvalue weighted by atomic mass is 79.9. The lowest BCUT2D eigenvalue weighted by Gasteiger charge is -2.08. The van der Waals surface area contributed by atoms with E-state index in [-0.39, 0.29) is 0 Å². The molecule has 11 heavy (non-hydrogen) atoms. The number of aromatic nitrogens is 1. The van der Waals surface area contributed by atoms with Gasteiger partial charge in [0.25, 0.3) is 0 Å². The van der Waals surface area contributed by atoms with Gasteiger partial charge < -0.3 is 5.21 Å². The molecule has 1 N–H and O–H groups in total. The van der Waals surface area contributed by atoms with Gasteiger partial charge in [0.15, 0.2) is 0 Å². The zero-order valence-corrected chi connectivity index (χ0v) is 7.74. The zero-order chi connectivity index (χ0) is 8.27. The first-order valence-corrected chi connectivity index (χ1v) is 3.98. The summed E-state index contributed by atoms with van der Waals surface area (Å²) in [7, 11) is 1.60. The smallest absolute Gasteiger partial charge is 0.0512 e. The van der Waals surface area contributed by atoms with Crippen LogP contribution in [0.1, 0.15) is 5.56 Å². The fourth-order valence-corrected chi connectivity index (χ4v) is 1.12. The second-order valence-electron chi connectivity index (χ2n) is 2.28.